The molecular formula is C17H12ClF3N4. The molecule has 0 bridgehead atoms. The molecular weight excluding hydrogens is 353 g/mol. The predicted molar refractivity (Wildman–Crippen MR) is 89.0 cm³/mol. The third kappa shape index (κ3) is 4.24. The summed E-state index contributed by atoms with van der Waals surface area (Å²) in [6.45, 7) is -0.0140. The van der Waals surface area contributed by atoms with Crippen molar-refractivity contribution in [2.45, 2.75) is 12.7 Å². The van der Waals surface area contributed by atoms with Crippen LogP contribution < -0.4 is 5.32 Å². The molecule has 0 aliphatic carbocycles. The van der Waals surface area contributed by atoms with Crippen molar-refractivity contribution in [1.29, 1.82) is 0 Å². The van der Waals surface area contributed by atoms with Gasteiger partial charge in [0.15, 0.2) is 5.82 Å². The van der Waals surface area contributed by atoms with Gasteiger partial charge in [-0.3, -0.25) is 4.98 Å². The van der Waals surface area contributed by atoms with Gasteiger partial charge < -0.3 is 5.32 Å². The number of hydrogen-bond acceptors (Lipinski definition) is 4. The molecule has 0 radical (unpaired) electrons. The van der Waals surface area contributed by atoms with E-state index in [9.17, 15) is 13.2 Å². The van der Waals surface area contributed by atoms with E-state index in [-0.39, 0.29) is 12.1 Å². The molecule has 1 N–H and O–H groups in total. The minimum atomic E-state index is -4.40. The standard InChI is InChI=1S/C17H12ClF3N4/c18-13-7-12(8-22-10-13)16-23-6-5-15(25-16)24-9-11-3-1-2-4-14(11)17(19,20)21/h1-8,10H,9H2,(H,23,24,25). The van der Waals surface area contributed by atoms with Crippen LogP contribution in [0.5, 0.6) is 0 Å². The Kier molecular flexibility index (Phi) is 4.85. The molecule has 3 aromatic rings. The zero-order chi connectivity index (χ0) is 17.9. The first-order valence-corrected chi connectivity index (χ1v) is 7.64. The number of nitrogens with zero attached hydrogens (tertiary/aromatic N) is 3. The zero-order valence-corrected chi connectivity index (χ0v) is 13.5. The number of rotatable bonds is 4. The number of aromatic nitrogens is 3. The van der Waals surface area contributed by atoms with Gasteiger partial charge in [-0.1, -0.05) is 29.8 Å². The molecule has 0 saturated heterocycles. The van der Waals surface area contributed by atoms with E-state index in [1.165, 1.54) is 24.5 Å². The highest BCUT2D eigenvalue weighted by molar-refractivity contribution is 6.30. The second-order valence-corrected chi connectivity index (χ2v) is 5.60. The maximum absolute atomic E-state index is 13.0. The molecule has 2 heterocycles. The van der Waals surface area contributed by atoms with E-state index < -0.39 is 11.7 Å². The number of anilines is 1. The Hall–Kier alpha value is -2.67. The summed E-state index contributed by atoms with van der Waals surface area (Å²) in [7, 11) is 0. The third-order valence-corrected chi connectivity index (χ3v) is 3.61. The fraction of sp³-hybridized carbons (Fsp3) is 0.118. The van der Waals surface area contributed by atoms with Gasteiger partial charge in [0.05, 0.1) is 10.6 Å². The summed E-state index contributed by atoms with van der Waals surface area (Å²) in [5, 5.41) is 3.34. The molecule has 128 valence electrons. The molecule has 3 rings (SSSR count). The van der Waals surface area contributed by atoms with Crippen molar-refractivity contribution in [3.05, 3.63) is 71.1 Å². The van der Waals surface area contributed by atoms with E-state index in [1.807, 2.05) is 0 Å². The van der Waals surface area contributed by atoms with E-state index in [0.29, 0.717) is 22.2 Å². The largest absolute Gasteiger partial charge is 0.416 e. The van der Waals surface area contributed by atoms with Crippen molar-refractivity contribution in [2.24, 2.45) is 0 Å². The summed E-state index contributed by atoms with van der Waals surface area (Å²) in [4.78, 5) is 12.4. The Bertz CT molecular complexity index is 884. The highest BCUT2D eigenvalue weighted by atomic mass is 35.5. The number of hydrogen-bond donors (Lipinski definition) is 1. The lowest BCUT2D eigenvalue weighted by Gasteiger charge is -2.13. The van der Waals surface area contributed by atoms with Gasteiger partial charge in [-0.25, -0.2) is 9.97 Å². The molecule has 4 nitrogen and oxygen atoms in total. The lowest BCUT2D eigenvalue weighted by molar-refractivity contribution is -0.138. The second-order valence-electron chi connectivity index (χ2n) is 5.17. The first kappa shape index (κ1) is 17.2. The van der Waals surface area contributed by atoms with Crippen molar-refractivity contribution in [3.63, 3.8) is 0 Å². The molecule has 1 aromatic carbocycles. The topological polar surface area (TPSA) is 50.7 Å². The summed E-state index contributed by atoms with van der Waals surface area (Å²) in [6.07, 6.45) is 0.161. The molecule has 0 spiro atoms. The first-order valence-electron chi connectivity index (χ1n) is 7.26. The molecule has 0 aliphatic heterocycles. The fourth-order valence-electron chi connectivity index (χ4n) is 2.27. The van der Waals surface area contributed by atoms with Crippen LogP contribution in [-0.4, -0.2) is 15.0 Å². The second kappa shape index (κ2) is 7.06. The normalized spacial score (nSPS) is 11.4. The predicted octanol–water partition coefficient (Wildman–Crippen LogP) is 4.82. The number of alkyl halides is 3. The van der Waals surface area contributed by atoms with Crippen LogP contribution >= 0.6 is 11.6 Å². The molecule has 0 amide bonds. The molecule has 2 aromatic heterocycles. The molecule has 25 heavy (non-hydrogen) atoms. The summed E-state index contributed by atoms with van der Waals surface area (Å²) in [6, 6.07) is 8.65. The van der Waals surface area contributed by atoms with Gasteiger partial charge in [-0.15, -0.1) is 0 Å². The summed E-state index contributed by atoms with van der Waals surface area (Å²) < 4.78 is 39.1. The maximum Gasteiger partial charge on any atom is 0.416 e. The molecule has 0 aliphatic rings. The van der Waals surface area contributed by atoms with Crippen molar-refractivity contribution in [1.82, 2.24) is 15.0 Å². The highest BCUT2D eigenvalue weighted by Crippen LogP contribution is 2.32. The first-order chi connectivity index (χ1) is 11.9. The lowest BCUT2D eigenvalue weighted by Crippen LogP contribution is -2.12. The van der Waals surface area contributed by atoms with Crippen molar-refractivity contribution in [2.75, 3.05) is 5.32 Å². The van der Waals surface area contributed by atoms with Gasteiger partial charge in [0.25, 0.3) is 0 Å². The quantitative estimate of drug-likeness (QED) is 0.721. The van der Waals surface area contributed by atoms with Crippen LogP contribution in [0, 0.1) is 0 Å². The molecule has 8 heteroatoms. The summed E-state index contributed by atoms with van der Waals surface area (Å²) in [5.41, 5.74) is 0.0854. The fourth-order valence-corrected chi connectivity index (χ4v) is 2.44. The minimum absolute atomic E-state index is 0.0140. The average Bonchev–Trinajstić information content (AvgIpc) is 2.60. The number of halogens is 4. The SMILES string of the molecule is FC(F)(F)c1ccccc1CNc1ccnc(-c2cncc(Cl)c2)n1. The summed E-state index contributed by atoms with van der Waals surface area (Å²) >= 11 is 5.90. The Balaban J connectivity index is 1.80. The van der Waals surface area contributed by atoms with E-state index in [4.69, 9.17) is 11.6 Å². The molecule has 0 unspecified atom stereocenters. The minimum Gasteiger partial charge on any atom is -0.366 e. The van der Waals surface area contributed by atoms with Crippen LogP contribution in [0.3, 0.4) is 0 Å². The van der Waals surface area contributed by atoms with Gasteiger partial charge in [0, 0.05) is 30.7 Å². The van der Waals surface area contributed by atoms with Crippen LogP contribution in [0.4, 0.5) is 19.0 Å². The van der Waals surface area contributed by atoms with Crippen LogP contribution in [0.15, 0.2) is 55.0 Å². The van der Waals surface area contributed by atoms with Gasteiger partial charge >= 0.3 is 6.18 Å². The van der Waals surface area contributed by atoms with Crippen molar-refractivity contribution < 1.29 is 13.2 Å². The highest BCUT2D eigenvalue weighted by Gasteiger charge is 2.32. The Labute approximate surface area is 146 Å². The number of nitrogens with one attached hydrogen (secondary N) is 1. The van der Waals surface area contributed by atoms with Crippen LogP contribution in [0.25, 0.3) is 11.4 Å². The lowest BCUT2D eigenvalue weighted by atomic mass is 10.1. The maximum atomic E-state index is 13.0. The number of pyridine rings is 1. The molecule has 0 atom stereocenters. The van der Waals surface area contributed by atoms with Gasteiger partial charge in [0.1, 0.15) is 5.82 Å². The van der Waals surface area contributed by atoms with Crippen molar-refractivity contribution >= 4 is 17.4 Å². The van der Waals surface area contributed by atoms with Crippen LogP contribution in [0.2, 0.25) is 5.02 Å². The monoisotopic (exact) mass is 364 g/mol. The van der Waals surface area contributed by atoms with Gasteiger partial charge in [-0.2, -0.15) is 13.2 Å². The zero-order valence-electron chi connectivity index (χ0n) is 12.8. The van der Waals surface area contributed by atoms with Crippen molar-refractivity contribution in [3.8, 4) is 11.4 Å². The Morgan fingerprint density at radius 3 is 2.64 bits per heavy atom. The Morgan fingerprint density at radius 2 is 1.88 bits per heavy atom. The van der Waals surface area contributed by atoms with E-state index in [0.717, 1.165) is 6.07 Å². The third-order valence-electron chi connectivity index (χ3n) is 3.40. The van der Waals surface area contributed by atoms with Crippen LogP contribution in [-0.2, 0) is 12.7 Å². The average molecular weight is 365 g/mol. The number of benzene rings is 1. The van der Waals surface area contributed by atoms with E-state index >= 15 is 0 Å². The van der Waals surface area contributed by atoms with E-state index in [2.05, 4.69) is 20.3 Å². The smallest absolute Gasteiger partial charge is 0.366 e. The Morgan fingerprint density at radius 1 is 1.08 bits per heavy atom. The van der Waals surface area contributed by atoms with Gasteiger partial charge in [-0.05, 0) is 23.8 Å². The molecule has 0 saturated carbocycles. The summed E-state index contributed by atoms with van der Waals surface area (Å²) in [5.74, 6) is 0.783. The molecule has 0 fully saturated rings. The van der Waals surface area contributed by atoms with Crippen LogP contribution in [0.1, 0.15) is 11.1 Å². The van der Waals surface area contributed by atoms with Gasteiger partial charge in [0.2, 0.25) is 0 Å². The van der Waals surface area contributed by atoms with E-state index in [1.54, 1.807) is 24.4 Å².